The summed E-state index contributed by atoms with van der Waals surface area (Å²) in [6.45, 7) is 36.7. The first-order valence-corrected chi connectivity index (χ1v) is 33.1. The topological polar surface area (TPSA) is 56.4 Å². The van der Waals surface area contributed by atoms with Gasteiger partial charge in [-0.1, -0.05) is 159 Å². The Hall–Kier alpha value is -9.18. The van der Waals surface area contributed by atoms with E-state index in [1.54, 1.807) is 0 Å². The van der Waals surface area contributed by atoms with Crippen molar-refractivity contribution in [1.29, 1.82) is 5.26 Å². The van der Waals surface area contributed by atoms with E-state index in [1.807, 2.05) is 12.4 Å². The SMILES string of the molecule is CC(C)c1ccc2c(c1)c1cc(C(C)C)ccc1n2-c1c(C#N)c(-n2c3ccc(C(C)C)cc3c3cc(C(C)C)ccc32)c(-n2c3ccc(C(C)C)cc3c3cc(C(C)C)ccc32)c(-c2ccncc2)c1-n1c2ccc(C(C)C)cc2c2cc(C(C)C)ccc21. The minimum Gasteiger partial charge on any atom is -0.306 e. The minimum atomic E-state index is 0.293. The van der Waals surface area contributed by atoms with E-state index >= 15 is 0 Å². The molecule has 14 rings (SSSR count). The summed E-state index contributed by atoms with van der Waals surface area (Å²) in [6, 6.07) is 64.5. The smallest absolute Gasteiger partial charge is 0.104 e. The number of pyridine rings is 1. The van der Waals surface area contributed by atoms with Crippen LogP contribution in [0.1, 0.15) is 208 Å². The molecule has 5 aromatic heterocycles. The monoisotopic (exact) mass is 1180 g/mol. The van der Waals surface area contributed by atoms with Crippen molar-refractivity contribution in [3.8, 4) is 39.9 Å². The molecular weight excluding hydrogens is 1090 g/mol. The Morgan fingerprint density at radius 2 is 0.456 bits per heavy atom. The number of rotatable bonds is 13. The van der Waals surface area contributed by atoms with Gasteiger partial charge in [0.25, 0.3) is 0 Å². The van der Waals surface area contributed by atoms with E-state index in [1.165, 1.54) is 87.6 Å². The second kappa shape index (κ2) is 22.1. The van der Waals surface area contributed by atoms with Crippen LogP contribution in [0.25, 0.3) is 121 Å². The molecule has 0 spiro atoms. The molecule has 0 saturated heterocycles. The molecule has 0 bridgehead atoms. The van der Waals surface area contributed by atoms with Gasteiger partial charge in [-0.2, -0.15) is 5.26 Å². The minimum absolute atomic E-state index is 0.293. The maximum atomic E-state index is 13.4. The summed E-state index contributed by atoms with van der Waals surface area (Å²) in [7, 11) is 0. The van der Waals surface area contributed by atoms with Gasteiger partial charge >= 0.3 is 0 Å². The van der Waals surface area contributed by atoms with E-state index < -0.39 is 0 Å². The maximum Gasteiger partial charge on any atom is 0.104 e. The van der Waals surface area contributed by atoms with Gasteiger partial charge in [-0.15, -0.1) is 0 Å². The van der Waals surface area contributed by atoms with Gasteiger partial charge in [0.2, 0.25) is 0 Å². The second-order valence-electron chi connectivity index (χ2n) is 28.3. The molecule has 0 aliphatic heterocycles. The third kappa shape index (κ3) is 9.12. The van der Waals surface area contributed by atoms with Crippen molar-refractivity contribution >= 4 is 87.2 Å². The van der Waals surface area contributed by atoms with E-state index in [4.69, 9.17) is 4.98 Å². The Labute approximate surface area is 531 Å². The lowest BCUT2D eigenvalue weighted by molar-refractivity contribution is 0.868. The van der Waals surface area contributed by atoms with Crippen LogP contribution in [0, 0.1) is 11.3 Å². The molecule has 0 aliphatic rings. The van der Waals surface area contributed by atoms with Gasteiger partial charge in [0.05, 0.1) is 66.9 Å². The number of fused-ring (bicyclic) bond motifs is 12. The molecule has 5 heterocycles. The summed E-state index contributed by atoms with van der Waals surface area (Å²) in [5.74, 6) is 2.36. The predicted octanol–water partition coefficient (Wildman–Crippen LogP) is 24.0. The standard InChI is InChI=1S/C84H84N6/c1-46(2)55-17-25-72-63(37-55)64-38-56(47(3)4)18-26-73(64)87(72)81-71(45-85)82(88-74-27-19-57(48(5)6)39-65(74)66-40-58(49(7)8)20-28-75(66)88)84(90-78-31-23-61(52(13)14)43-69(78)70-44-62(53(15)16)24-32-79(70)90)80(54-33-35-86-36-34-54)83(81)89-76-29-21-59(50(9)10)41-67(76)68-42-60(51(11)12)22-30-77(68)89/h17-44,46-53H,1-16H3. The van der Waals surface area contributed by atoms with Crippen molar-refractivity contribution in [1.82, 2.24) is 23.3 Å². The lowest BCUT2D eigenvalue weighted by Gasteiger charge is -2.29. The molecular formula is C84H84N6. The molecule has 14 aromatic rings. The fraction of sp³-hybridized carbons (Fsp3) is 0.286. The lowest BCUT2D eigenvalue weighted by Crippen LogP contribution is -2.16. The average Bonchev–Trinajstić information content (AvgIpc) is 1.45. The summed E-state index contributed by atoms with van der Waals surface area (Å²) in [5.41, 5.74) is 24.7. The third-order valence-electron chi connectivity index (χ3n) is 20.0. The van der Waals surface area contributed by atoms with Crippen LogP contribution in [-0.2, 0) is 0 Å². The van der Waals surface area contributed by atoms with Crippen molar-refractivity contribution in [2.24, 2.45) is 0 Å². The third-order valence-corrected chi connectivity index (χ3v) is 20.0. The number of aromatic nitrogens is 5. The summed E-state index contributed by atoms with van der Waals surface area (Å²) in [4.78, 5) is 4.82. The second-order valence-corrected chi connectivity index (χ2v) is 28.3. The normalized spacial score (nSPS) is 12.6. The maximum absolute atomic E-state index is 13.4. The first-order chi connectivity index (χ1) is 43.2. The molecule has 6 heteroatoms. The molecule has 9 aromatic carbocycles. The zero-order valence-electron chi connectivity index (χ0n) is 55.5. The van der Waals surface area contributed by atoms with Gasteiger partial charge in [0.15, 0.2) is 0 Å². The molecule has 0 radical (unpaired) electrons. The Morgan fingerprint density at radius 1 is 0.267 bits per heavy atom. The van der Waals surface area contributed by atoms with E-state index in [2.05, 4.69) is 293 Å². The number of nitrogens with zero attached hydrogens (tertiary/aromatic N) is 6. The van der Waals surface area contributed by atoms with Gasteiger partial charge < -0.3 is 18.3 Å². The zero-order chi connectivity index (χ0) is 63.0. The van der Waals surface area contributed by atoms with Gasteiger partial charge in [0.1, 0.15) is 11.6 Å². The number of nitriles is 1. The Kier molecular flexibility index (Phi) is 14.4. The molecule has 90 heavy (non-hydrogen) atoms. The van der Waals surface area contributed by atoms with Crippen LogP contribution < -0.4 is 0 Å². The van der Waals surface area contributed by atoms with Gasteiger partial charge in [-0.25, -0.2) is 0 Å². The number of benzene rings is 9. The largest absolute Gasteiger partial charge is 0.306 e. The molecule has 0 unspecified atom stereocenters. The summed E-state index contributed by atoms with van der Waals surface area (Å²) >= 11 is 0. The number of hydrogen-bond acceptors (Lipinski definition) is 2. The van der Waals surface area contributed by atoms with Crippen LogP contribution in [0.15, 0.2) is 170 Å². The molecule has 0 N–H and O–H groups in total. The van der Waals surface area contributed by atoms with Gasteiger partial charge in [0, 0.05) is 61.0 Å². The van der Waals surface area contributed by atoms with Crippen LogP contribution >= 0.6 is 0 Å². The van der Waals surface area contributed by atoms with Crippen molar-refractivity contribution in [2.45, 2.75) is 158 Å². The Morgan fingerprint density at radius 3 is 0.633 bits per heavy atom. The average molecular weight is 1180 g/mol. The highest BCUT2D eigenvalue weighted by molar-refractivity contribution is 6.17. The molecule has 0 aliphatic carbocycles. The van der Waals surface area contributed by atoms with Crippen molar-refractivity contribution in [3.05, 3.63) is 220 Å². The fourth-order valence-corrected chi connectivity index (χ4v) is 14.5. The van der Waals surface area contributed by atoms with Gasteiger partial charge in [-0.3, -0.25) is 4.98 Å². The fourth-order valence-electron chi connectivity index (χ4n) is 14.5. The molecule has 450 valence electrons. The highest BCUT2D eigenvalue weighted by Gasteiger charge is 2.36. The Bertz CT molecular complexity index is 4700. The highest BCUT2D eigenvalue weighted by Crippen LogP contribution is 2.53. The van der Waals surface area contributed by atoms with Crippen LogP contribution in [0.4, 0.5) is 0 Å². The van der Waals surface area contributed by atoms with E-state index in [0.717, 1.165) is 78.0 Å². The first kappa shape index (κ1) is 58.5. The van der Waals surface area contributed by atoms with Crippen molar-refractivity contribution in [3.63, 3.8) is 0 Å². The van der Waals surface area contributed by atoms with Gasteiger partial charge in [-0.05, 0) is 207 Å². The summed E-state index contributed by atoms with van der Waals surface area (Å²) in [6.07, 6.45) is 3.91. The van der Waals surface area contributed by atoms with E-state index in [-0.39, 0.29) is 0 Å². The summed E-state index contributed by atoms with van der Waals surface area (Å²) in [5, 5.41) is 22.8. The van der Waals surface area contributed by atoms with Crippen LogP contribution in [-0.4, -0.2) is 23.3 Å². The van der Waals surface area contributed by atoms with Crippen molar-refractivity contribution in [2.75, 3.05) is 0 Å². The Balaban J connectivity index is 1.35. The molecule has 0 atom stereocenters. The quantitative estimate of drug-likeness (QED) is 0.116. The van der Waals surface area contributed by atoms with E-state index in [0.29, 0.717) is 52.9 Å². The van der Waals surface area contributed by atoms with Crippen LogP contribution in [0.2, 0.25) is 0 Å². The highest BCUT2D eigenvalue weighted by atomic mass is 15.1. The molecule has 0 fully saturated rings. The molecule has 0 saturated carbocycles. The molecule has 6 nitrogen and oxygen atoms in total. The predicted molar refractivity (Wildman–Crippen MR) is 384 cm³/mol. The van der Waals surface area contributed by atoms with Crippen LogP contribution in [0.3, 0.4) is 0 Å². The summed E-state index contributed by atoms with van der Waals surface area (Å²) < 4.78 is 10.1. The lowest BCUT2D eigenvalue weighted by atomic mass is 9.93. The first-order valence-electron chi connectivity index (χ1n) is 33.1. The van der Waals surface area contributed by atoms with E-state index in [9.17, 15) is 5.26 Å². The zero-order valence-corrected chi connectivity index (χ0v) is 55.5. The van der Waals surface area contributed by atoms with Crippen molar-refractivity contribution < 1.29 is 0 Å². The van der Waals surface area contributed by atoms with Crippen LogP contribution in [0.5, 0.6) is 0 Å². The number of hydrogen-bond donors (Lipinski definition) is 0. The molecule has 0 amide bonds.